The lowest BCUT2D eigenvalue weighted by Crippen LogP contribution is -2.75. The first kappa shape index (κ1) is 24.0. The first-order valence-corrected chi connectivity index (χ1v) is 14.8. The van der Waals surface area contributed by atoms with Crippen molar-refractivity contribution in [2.24, 2.45) is 0 Å². The minimum atomic E-state index is -0.598. The number of hydrogen-bond donors (Lipinski definition) is 0. The highest BCUT2D eigenvalue weighted by molar-refractivity contribution is 6.13. The largest absolute Gasteiger partial charge is 0.322 e. The summed E-state index contributed by atoms with van der Waals surface area (Å²) in [6, 6.07) is 61.2. The van der Waals surface area contributed by atoms with E-state index in [1.807, 2.05) is 0 Å². The third kappa shape index (κ3) is 3.18. The van der Waals surface area contributed by atoms with Gasteiger partial charge in [0.2, 0.25) is 6.17 Å². The number of benzene rings is 6. The van der Waals surface area contributed by atoms with Crippen LogP contribution >= 0.6 is 0 Å². The quantitative estimate of drug-likeness (QED) is 0.203. The van der Waals surface area contributed by atoms with E-state index >= 15 is 0 Å². The van der Waals surface area contributed by atoms with Gasteiger partial charge in [0.1, 0.15) is 11.4 Å². The monoisotopic (exact) mass is 553 g/mol. The van der Waals surface area contributed by atoms with Crippen LogP contribution in [0.3, 0.4) is 0 Å². The summed E-state index contributed by atoms with van der Waals surface area (Å²) in [4.78, 5) is 7.69. The molecule has 0 aromatic heterocycles. The van der Waals surface area contributed by atoms with Gasteiger partial charge >= 0.3 is 5.66 Å². The fourth-order valence-electron chi connectivity index (χ4n) is 7.46. The van der Waals surface area contributed by atoms with E-state index in [0.717, 1.165) is 11.4 Å². The first-order chi connectivity index (χ1) is 21.4. The SMILES string of the molecule is c1ccc(C2=[N+](c3ccccc3)C3(c4ccccc4N4c5ccccc5N(c5ccccc5)C43)N2c2ccccc2)cc1. The van der Waals surface area contributed by atoms with Crippen molar-refractivity contribution in [3.8, 4) is 0 Å². The Labute approximate surface area is 251 Å². The van der Waals surface area contributed by atoms with Crippen LogP contribution in [0.1, 0.15) is 11.1 Å². The molecule has 2 unspecified atom stereocenters. The van der Waals surface area contributed by atoms with Crippen molar-refractivity contribution in [2.45, 2.75) is 11.8 Å². The fraction of sp³-hybridized carbons (Fsp3) is 0.0513. The summed E-state index contributed by atoms with van der Waals surface area (Å²) in [6.45, 7) is 0. The lowest BCUT2D eigenvalue weighted by atomic mass is 9.87. The van der Waals surface area contributed by atoms with Crippen molar-refractivity contribution in [2.75, 3.05) is 14.7 Å². The fourth-order valence-corrected chi connectivity index (χ4v) is 7.46. The van der Waals surface area contributed by atoms with Crippen LogP contribution in [0.4, 0.5) is 34.1 Å². The molecule has 0 amide bonds. The van der Waals surface area contributed by atoms with Gasteiger partial charge in [-0.05, 0) is 72.8 Å². The van der Waals surface area contributed by atoms with Crippen LogP contribution in [0.25, 0.3) is 0 Å². The molecule has 6 aromatic rings. The zero-order valence-electron chi connectivity index (χ0n) is 23.5. The minimum Gasteiger partial charge on any atom is -0.310 e. The van der Waals surface area contributed by atoms with E-state index < -0.39 is 5.66 Å². The molecule has 0 fully saturated rings. The third-order valence-electron chi connectivity index (χ3n) is 9.01. The predicted molar refractivity (Wildman–Crippen MR) is 175 cm³/mol. The first-order valence-electron chi connectivity index (χ1n) is 14.8. The molecule has 0 aliphatic carbocycles. The summed E-state index contributed by atoms with van der Waals surface area (Å²) in [7, 11) is 0. The van der Waals surface area contributed by atoms with Crippen LogP contribution in [0, 0.1) is 0 Å². The Kier molecular flexibility index (Phi) is 5.14. The Morgan fingerprint density at radius 2 is 0.930 bits per heavy atom. The van der Waals surface area contributed by atoms with E-state index in [0.29, 0.717) is 0 Å². The minimum absolute atomic E-state index is 0.0995. The molecule has 6 aromatic carbocycles. The lowest BCUT2D eigenvalue weighted by Gasteiger charge is -2.50. The Morgan fingerprint density at radius 1 is 0.442 bits per heavy atom. The summed E-state index contributed by atoms with van der Waals surface area (Å²) in [5.74, 6) is 1.17. The number of nitrogens with zero attached hydrogens (tertiary/aromatic N) is 4. The average molecular weight is 554 g/mol. The van der Waals surface area contributed by atoms with E-state index in [9.17, 15) is 0 Å². The van der Waals surface area contributed by atoms with Gasteiger partial charge in [-0.25, -0.2) is 0 Å². The summed E-state index contributed by atoms with van der Waals surface area (Å²) < 4.78 is 2.58. The van der Waals surface area contributed by atoms with Crippen LogP contribution in [0.2, 0.25) is 0 Å². The molecule has 3 aliphatic heterocycles. The number of anilines is 5. The van der Waals surface area contributed by atoms with Crippen molar-refractivity contribution in [3.63, 3.8) is 0 Å². The standard InChI is InChI=1S/C39H29N4/c1-5-17-29(18-6-1)37-42(31-21-9-3-10-22-31)39(43(37)32-23-11-4-12-24-32)33-25-13-14-26-34(33)41-36-28-16-15-27-35(36)40(38(39)41)30-19-7-2-8-20-30/h1-28,38H/q+1. The van der Waals surface area contributed by atoms with Crippen LogP contribution < -0.4 is 14.7 Å². The van der Waals surface area contributed by atoms with Gasteiger partial charge in [-0.2, -0.15) is 9.48 Å². The summed E-state index contributed by atoms with van der Waals surface area (Å²) in [6.07, 6.45) is -0.0995. The molecule has 0 saturated heterocycles. The molecule has 3 heterocycles. The molecule has 0 saturated carbocycles. The zero-order valence-corrected chi connectivity index (χ0v) is 23.5. The van der Waals surface area contributed by atoms with Crippen molar-refractivity contribution in [1.82, 2.24) is 0 Å². The predicted octanol–water partition coefficient (Wildman–Crippen LogP) is 8.78. The second kappa shape index (κ2) is 9.20. The van der Waals surface area contributed by atoms with Gasteiger partial charge in [0, 0.05) is 5.69 Å². The van der Waals surface area contributed by atoms with E-state index in [-0.39, 0.29) is 6.17 Å². The maximum atomic E-state index is 2.58. The second-order valence-electron chi connectivity index (χ2n) is 11.2. The van der Waals surface area contributed by atoms with Crippen LogP contribution in [0.5, 0.6) is 0 Å². The molecule has 3 aliphatic rings. The molecule has 4 nitrogen and oxygen atoms in total. The maximum Gasteiger partial charge on any atom is 0.322 e. The smallest absolute Gasteiger partial charge is 0.310 e. The number of hydrogen-bond acceptors (Lipinski definition) is 3. The van der Waals surface area contributed by atoms with E-state index in [1.54, 1.807) is 0 Å². The normalized spacial score (nSPS) is 19.7. The maximum absolute atomic E-state index is 2.58. The van der Waals surface area contributed by atoms with E-state index in [4.69, 9.17) is 0 Å². The molecular weight excluding hydrogens is 524 g/mol. The van der Waals surface area contributed by atoms with Gasteiger partial charge in [-0.3, -0.25) is 0 Å². The van der Waals surface area contributed by atoms with Gasteiger partial charge in [-0.15, -0.1) is 0 Å². The van der Waals surface area contributed by atoms with Crippen LogP contribution in [0.15, 0.2) is 170 Å². The second-order valence-corrected chi connectivity index (χ2v) is 11.2. The molecule has 2 atom stereocenters. The highest BCUT2D eigenvalue weighted by Crippen LogP contribution is 2.64. The Bertz CT molecular complexity index is 1970. The summed E-state index contributed by atoms with van der Waals surface area (Å²) in [5, 5.41) is 0. The topological polar surface area (TPSA) is 12.7 Å². The van der Waals surface area contributed by atoms with E-state index in [2.05, 4.69) is 189 Å². The highest BCUT2D eigenvalue weighted by Gasteiger charge is 2.76. The Hall–Kier alpha value is -5.61. The Morgan fingerprint density at radius 3 is 1.58 bits per heavy atom. The molecule has 4 heteroatoms. The van der Waals surface area contributed by atoms with Gasteiger partial charge in [-0.1, -0.05) is 97.1 Å². The number of para-hydroxylation sites is 6. The molecule has 0 bridgehead atoms. The molecule has 9 rings (SSSR count). The number of rotatable bonds is 4. The molecule has 43 heavy (non-hydrogen) atoms. The van der Waals surface area contributed by atoms with Gasteiger partial charge in [0.15, 0.2) is 0 Å². The van der Waals surface area contributed by atoms with Crippen molar-refractivity contribution in [1.29, 1.82) is 0 Å². The highest BCUT2D eigenvalue weighted by atomic mass is 15.6. The zero-order chi connectivity index (χ0) is 28.4. The number of amidine groups is 1. The van der Waals surface area contributed by atoms with Crippen molar-refractivity contribution in [3.05, 3.63) is 181 Å². The molecule has 0 radical (unpaired) electrons. The summed E-state index contributed by atoms with van der Waals surface area (Å²) >= 11 is 0. The third-order valence-corrected chi connectivity index (χ3v) is 9.01. The molecule has 1 spiro atoms. The lowest BCUT2D eigenvalue weighted by molar-refractivity contribution is -0.573. The Balaban J connectivity index is 1.44. The average Bonchev–Trinajstić information content (AvgIpc) is 3.57. The molecular formula is C39H29N4+. The van der Waals surface area contributed by atoms with Crippen LogP contribution in [-0.2, 0) is 5.66 Å². The van der Waals surface area contributed by atoms with Crippen molar-refractivity contribution < 1.29 is 4.58 Å². The van der Waals surface area contributed by atoms with Gasteiger partial charge < -0.3 is 9.80 Å². The molecule has 204 valence electrons. The van der Waals surface area contributed by atoms with Crippen molar-refractivity contribution >= 4 is 40.0 Å². The summed E-state index contributed by atoms with van der Waals surface area (Å²) in [5.41, 5.74) is 9.01. The molecule has 0 N–H and O–H groups in total. The van der Waals surface area contributed by atoms with E-state index in [1.165, 1.54) is 39.7 Å². The number of fused-ring (bicyclic) bond motifs is 7. The van der Waals surface area contributed by atoms with Crippen LogP contribution in [-0.4, -0.2) is 16.6 Å². The van der Waals surface area contributed by atoms with Gasteiger partial charge in [0.05, 0.1) is 28.2 Å². The van der Waals surface area contributed by atoms with Gasteiger partial charge in [0.25, 0.3) is 5.84 Å².